The predicted molar refractivity (Wildman–Crippen MR) is 110 cm³/mol. The summed E-state index contributed by atoms with van der Waals surface area (Å²) in [6.45, 7) is 0.483. The molecule has 4 aromatic rings. The average Bonchev–Trinajstić information content (AvgIpc) is 3.29. The van der Waals surface area contributed by atoms with Crippen LogP contribution in [0.4, 0.5) is 0 Å². The summed E-state index contributed by atoms with van der Waals surface area (Å²) in [6.07, 6.45) is 2.89. The zero-order valence-corrected chi connectivity index (χ0v) is 15.7. The van der Waals surface area contributed by atoms with Crippen molar-refractivity contribution >= 4 is 22.5 Å². The molecular weight excluding hydrogens is 364 g/mol. The molecule has 6 heteroatoms. The first kappa shape index (κ1) is 18.6. The van der Waals surface area contributed by atoms with Gasteiger partial charge in [0, 0.05) is 12.1 Å². The second kappa shape index (κ2) is 8.48. The lowest BCUT2D eigenvalue weighted by Gasteiger charge is -2.16. The number of hydrogen-bond acceptors (Lipinski definition) is 4. The maximum Gasteiger partial charge on any atom is 0.233 e. The van der Waals surface area contributed by atoms with Crippen LogP contribution in [0.1, 0.15) is 15.9 Å². The van der Waals surface area contributed by atoms with Gasteiger partial charge in [-0.2, -0.15) is 5.10 Å². The lowest BCUT2D eigenvalue weighted by Crippen LogP contribution is -2.38. The SMILES string of the molecule is O=C(NCc1ccc2ccccc2c1)C(Cn1cncn1)C(=O)c1ccccc1. The Morgan fingerprint density at radius 1 is 0.931 bits per heavy atom. The minimum absolute atomic E-state index is 0.136. The van der Waals surface area contributed by atoms with Crippen LogP contribution < -0.4 is 5.32 Å². The summed E-state index contributed by atoms with van der Waals surface area (Å²) < 4.78 is 1.50. The predicted octanol–water partition coefficient (Wildman–Crippen LogP) is 3.25. The van der Waals surface area contributed by atoms with Gasteiger partial charge in [-0.15, -0.1) is 0 Å². The highest BCUT2D eigenvalue weighted by Crippen LogP contribution is 2.16. The molecule has 1 heterocycles. The third-order valence-electron chi connectivity index (χ3n) is 4.81. The van der Waals surface area contributed by atoms with Gasteiger partial charge in [0.05, 0.1) is 6.54 Å². The van der Waals surface area contributed by atoms with Crippen molar-refractivity contribution in [2.45, 2.75) is 13.1 Å². The van der Waals surface area contributed by atoms with Gasteiger partial charge >= 0.3 is 0 Å². The molecule has 0 aliphatic carbocycles. The van der Waals surface area contributed by atoms with Gasteiger partial charge in [-0.25, -0.2) is 4.98 Å². The van der Waals surface area contributed by atoms with Gasteiger partial charge < -0.3 is 5.32 Å². The molecule has 1 aromatic heterocycles. The fourth-order valence-corrected chi connectivity index (χ4v) is 3.26. The van der Waals surface area contributed by atoms with Crippen molar-refractivity contribution < 1.29 is 9.59 Å². The quantitative estimate of drug-likeness (QED) is 0.392. The average molecular weight is 384 g/mol. The van der Waals surface area contributed by atoms with Crippen LogP contribution in [0.15, 0.2) is 85.5 Å². The van der Waals surface area contributed by atoms with Crippen LogP contribution in [0.2, 0.25) is 0 Å². The van der Waals surface area contributed by atoms with Gasteiger partial charge in [0.1, 0.15) is 18.6 Å². The molecule has 0 radical (unpaired) electrons. The van der Waals surface area contributed by atoms with Crippen molar-refractivity contribution in [1.29, 1.82) is 0 Å². The van der Waals surface area contributed by atoms with Crippen LogP contribution in [0.5, 0.6) is 0 Å². The Balaban J connectivity index is 1.51. The zero-order valence-electron chi connectivity index (χ0n) is 15.7. The summed E-state index contributed by atoms with van der Waals surface area (Å²) in [4.78, 5) is 29.8. The van der Waals surface area contributed by atoms with Gasteiger partial charge in [0.25, 0.3) is 0 Å². The fraction of sp³-hybridized carbons (Fsp3) is 0.130. The van der Waals surface area contributed by atoms with Gasteiger partial charge in [-0.1, -0.05) is 66.7 Å². The molecule has 144 valence electrons. The number of ketones is 1. The number of aromatic nitrogens is 3. The Bertz CT molecular complexity index is 1120. The van der Waals surface area contributed by atoms with Crippen LogP contribution in [0, 0.1) is 5.92 Å². The maximum absolute atomic E-state index is 13.0. The maximum atomic E-state index is 13.0. The van der Waals surface area contributed by atoms with Crippen molar-refractivity contribution in [1.82, 2.24) is 20.1 Å². The number of carbonyl (C=O) groups excluding carboxylic acids is 2. The molecule has 0 bridgehead atoms. The molecule has 3 aromatic carbocycles. The highest BCUT2D eigenvalue weighted by atomic mass is 16.2. The van der Waals surface area contributed by atoms with Gasteiger partial charge in [-0.05, 0) is 22.4 Å². The number of hydrogen-bond donors (Lipinski definition) is 1. The largest absolute Gasteiger partial charge is 0.351 e. The van der Waals surface area contributed by atoms with E-state index in [9.17, 15) is 9.59 Å². The Kier molecular flexibility index (Phi) is 5.42. The Labute approximate surface area is 168 Å². The van der Waals surface area contributed by atoms with Crippen LogP contribution >= 0.6 is 0 Å². The van der Waals surface area contributed by atoms with Crippen LogP contribution in [-0.4, -0.2) is 26.5 Å². The second-order valence-electron chi connectivity index (χ2n) is 6.80. The third-order valence-corrected chi connectivity index (χ3v) is 4.81. The standard InChI is InChI=1S/C23H20N4O2/c28-22(19-7-2-1-3-8-19)21(14-27-16-24-15-26-27)23(29)25-13-17-10-11-18-6-4-5-9-20(18)12-17/h1-12,15-16,21H,13-14H2,(H,25,29). The van der Waals surface area contributed by atoms with E-state index in [4.69, 9.17) is 0 Å². The van der Waals surface area contributed by atoms with E-state index in [-0.39, 0.29) is 18.2 Å². The molecule has 1 amide bonds. The lowest BCUT2D eigenvalue weighted by atomic mass is 9.96. The molecule has 0 fully saturated rings. The molecule has 0 saturated heterocycles. The highest BCUT2D eigenvalue weighted by Gasteiger charge is 2.28. The van der Waals surface area contributed by atoms with E-state index in [1.54, 1.807) is 24.3 Å². The molecule has 6 nitrogen and oxygen atoms in total. The number of amides is 1. The zero-order chi connectivity index (χ0) is 20.1. The number of nitrogens with zero attached hydrogens (tertiary/aromatic N) is 3. The Morgan fingerprint density at radius 2 is 1.69 bits per heavy atom. The summed E-state index contributed by atoms with van der Waals surface area (Å²) in [5, 5.41) is 9.20. The molecule has 0 saturated carbocycles. The Morgan fingerprint density at radius 3 is 2.45 bits per heavy atom. The van der Waals surface area contributed by atoms with E-state index in [1.165, 1.54) is 17.3 Å². The fourth-order valence-electron chi connectivity index (χ4n) is 3.26. The minimum Gasteiger partial charge on any atom is -0.351 e. The number of Topliss-reactive ketones (excluding diaryl/α,β-unsaturated/α-hetero) is 1. The monoisotopic (exact) mass is 384 g/mol. The number of nitrogens with one attached hydrogen (secondary N) is 1. The number of carbonyl (C=O) groups is 2. The molecule has 1 unspecified atom stereocenters. The van der Waals surface area contributed by atoms with Gasteiger partial charge in [0.2, 0.25) is 5.91 Å². The van der Waals surface area contributed by atoms with Crippen LogP contribution in [0.25, 0.3) is 10.8 Å². The normalized spacial score (nSPS) is 11.9. The molecule has 29 heavy (non-hydrogen) atoms. The van der Waals surface area contributed by atoms with Crippen molar-refractivity contribution in [2.24, 2.45) is 5.92 Å². The van der Waals surface area contributed by atoms with E-state index in [0.717, 1.165) is 16.3 Å². The van der Waals surface area contributed by atoms with Crippen molar-refractivity contribution in [3.63, 3.8) is 0 Å². The summed E-state index contributed by atoms with van der Waals surface area (Å²) in [5.74, 6) is -1.46. The van der Waals surface area contributed by atoms with Crippen molar-refractivity contribution in [3.8, 4) is 0 Å². The third kappa shape index (κ3) is 4.38. The van der Waals surface area contributed by atoms with Crippen molar-refractivity contribution in [2.75, 3.05) is 0 Å². The van der Waals surface area contributed by atoms with E-state index in [0.29, 0.717) is 12.1 Å². The smallest absolute Gasteiger partial charge is 0.233 e. The Hall–Kier alpha value is -3.80. The van der Waals surface area contributed by atoms with Gasteiger partial charge in [0.15, 0.2) is 5.78 Å². The first-order valence-electron chi connectivity index (χ1n) is 9.38. The summed E-state index contributed by atoms with van der Waals surface area (Å²) in [7, 11) is 0. The topological polar surface area (TPSA) is 76.9 Å². The minimum atomic E-state index is -0.889. The molecule has 1 atom stereocenters. The number of rotatable bonds is 7. The molecule has 1 N–H and O–H groups in total. The van der Waals surface area contributed by atoms with E-state index < -0.39 is 5.92 Å². The molecular formula is C23H20N4O2. The number of fused-ring (bicyclic) bond motifs is 1. The van der Waals surface area contributed by atoms with Crippen LogP contribution in [0.3, 0.4) is 0 Å². The van der Waals surface area contributed by atoms with E-state index in [1.807, 2.05) is 48.5 Å². The number of benzene rings is 3. The first-order valence-corrected chi connectivity index (χ1v) is 9.38. The molecule has 0 spiro atoms. The van der Waals surface area contributed by atoms with E-state index >= 15 is 0 Å². The summed E-state index contributed by atoms with van der Waals surface area (Å²) in [5.41, 5.74) is 1.47. The van der Waals surface area contributed by atoms with Gasteiger partial charge in [-0.3, -0.25) is 14.3 Å². The lowest BCUT2D eigenvalue weighted by molar-refractivity contribution is -0.124. The van der Waals surface area contributed by atoms with E-state index in [2.05, 4.69) is 15.4 Å². The molecule has 0 aliphatic rings. The summed E-state index contributed by atoms with van der Waals surface area (Å²) in [6, 6.07) is 22.9. The molecule has 4 rings (SSSR count). The van der Waals surface area contributed by atoms with Crippen LogP contribution in [-0.2, 0) is 17.9 Å². The summed E-state index contributed by atoms with van der Waals surface area (Å²) >= 11 is 0. The highest BCUT2D eigenvalue weighted by molar-refractivity contribution is 6.10. The second-order valence-corrected chi connectivity index (χ2v) is 6.80. The first-order chi connectivity index (χ1) is 14.2. The molecule has 0 aliphatic heterocycles. The van der Waals surface area contributed by atoms with Crippen molar-refractivity contribution in [3.05, 3.63) is 96.6 Å².